The van der Waals surface area contributed by atoms with Crippen molar-refractivity contribution in [3.05, 3.63) is 34.0 Å². The maximum Gasteiger partial charge on any atom is 0.328 e. The Morgan fingerprint density at radius 1 is 1.44 bits per heavy atom. The second-order valence-electron chi connectivity index (χ2n) is 3.35. The summed E-state index contributed by atoms with van der Waals surface area (Å²) >= 11 is 1.61. The summed E-state index contributed by atoms with van der Waals surface area (Å²) in [4.78, 5) is 23.7. The molecule has 0 aliphatic heterocycles. The van der Waals surface area contributed by atoms with E-state index in [4.69, 9.17) is 5.11 Å². The van der Waals surface area contributed by atoms with Gasteiger partial charge in [0.05, 0.1) is 6.04 Å². The first-order valence-electron chi connectivity index (χ1n) is 4.77. The number of hydrogen-bond donors (Lipinski definition) is 2. The fourth-order valence-corrected chi connectivity index (χ4v) is 2.05. The van der Waals surface area contributed by atoms with Crippen LogP contribution in [-0.2, 0) is 9.59 Å². The van der Waals surface area contributed by atoms with E-state index in [0.29, 0.717) is 0 Å². The number of carbonyl (C=O) groups is 2. The molecule has 5 heteroatoms. The van der Waals surface area contributed by atoms with Gasteiger partial charge >= 0.3 is 5.97 Å². The number of hydrogen-bond acceptors (Lipinski definition) is 3. The summed E-state index contributed by atoms with van der Waals surface area (Å²) in [6.45, 7) is 3.85. The van der Waals surface area contributed by atoms with Crippen molar-refractivity contribution < 1.29 is 14.7 Å². The minimum absolute atomic E-state index is 0.107. The third kappa shape index (κ3) is 3.86. The quantitative estimate of drug-likeness (QED) is 0.788. The number of thiophene rings is 1. The van der Waals surface area contributed by atoms with Gasteiger partial charge in [-0.3, -0.25) is 4.79 Å². The smallest absolute Gasteiger partial charge is 0.328 e. The van der Waals surface area contributed by atoms with Crippen LogP contribution in [0.2, 0.25) is 0 Å². The zero-order valence-electron chi connectivity index (χ0n) is 9.06. The number of amides is 1. The van der Waals surface area contributed by atoms with Crippen molar-refractivity contribution in [3.63, 3.8) is 0 Å². The van der Waals surface area contributed by atoms with Crippen LogP contribution in [0.3, 0.4) is 0 Å². The molecule has 0 saturated carbocycles. The Morgan fingerprint density at radius 3 is 2.62 bits per heavy atom. The summed E-state index contributed by atoms with van der Waals surface area (Å²) < 4.78 is 0. The zero-order chi connectivity index (χ0) is 12.1. The number of rotatable bonds is 4. The molecule has 0 bridgehead atoms. The topological polar surface area (TPSA) is 66.4 Å². The van der Waals surface area contributed by atoms with Gasteiger partial charge in [0.25, 0.3) is 0 Å². The first kappa shape index (κ1) is 12.4. The van der Waals surface area contributed by atoms with Gasteiger partial charge in [0.2, 0.25) is 5.91 Å². The SMILES string of the molecule is Cc1ccc(C(C)NC(=O)/C=C/C(=O)O)s1. The summed E-state index contributed by atoms with van der Waals surface area (Å²) in [5.74, 6) is -1.53. The molecular formula is C11H13NO3S. The van der Waals surface area contributed by atoms with Gasteiger partial charge in [-0.05, 0) is 26.0 Å². The Bertz CT molecular complexity index is 423. The van der Waals surface area contributed by atoms with Crippen molar-refractivity contribution in [2.24, 2.45) is 0 Å². The lowest BCUT2D eigenvalue weighted by molar-refractivity contribution is -0.131. The van der Waals surface area contributed by atoms with Crippen LogP contribution in [0.25, 0.3) is 0 Å². The lowest BCUT2D eigenvalue weighted by Gasteiger charge is -2.09. The standard InChI is InChI=1S/C11H13NO3S/c1-7-3-4-9(16-7)8(2)12-10(13)5-6-11(14)15/h3-6,8H,1-2H3,(H,12,13)(H,14,15)/b6-5+. The number of nitrogens with one attached hydrogen (secondary N) is 1. The van der Waals surface area contributed by atoms with E-state index < -0.39 is 11.9 Å². The molecule has 0 fully saturated rings. The van der Waals surface area contributed by atoms with Crippen molar-refractivity contribution in [2.75, 3.05) is 0 Å². The van der Waals surface area contributed by atoms with E-state index in [1.54, 1.807) is 11.3 Å². The maximum absolute atomic E-state index is 11.3. The third-order valence-corrected chi connectivity index (χ3v) is 3.11. The highest BCUT2D eigenvalue weighted by atomic mass is 32.1. The number of carboxylic acid groups (broad SMARTS) is 1. The molecule has 1 amide bonds. The molecule has 0 aromatic carbocycles. The second-order valence-corrected chi connectivity index (χ2v) is 4.67. The van der Waals surface area contributed by atoms with Crippen LogP contribution in [0.4, 0.5) is 0 Å². The third-order valence-electron chi connectivity index (χ3n) is 1.92. The molecule has 4 nitrogen and oxygen atoms in total. The normalized spacial score (nSPS) is 12.6. The summed E-state index contributed by atoms with van der Waals surface area (Å²) in [6, 6.07) is 3.83. The average Bonchev–Trinajstić information content (AvgIpc) is 2.62. The van der Waals surface area contributed by atoms with Gasteiger partial charge in [0.15, 0.2) is 0 Å². The first-order valence-corrected chi connectivity index (χ1v) is 5.58. The Hall–Kier alpha value is -1.62. The molecule has 0 saturated heterocycles. The van der Waals surface area contributed by atoms with Gasteiger partial charge in [-0.2, -0.15) is 0 Å². The molecular weight excluding hydrogens is 226 g/mol. The predicted molar refractivity (Wildman–Crippen MR) is 62.4 cm³/mol. The van der Waals surface area contributed by atoms with Gasteiger partial charge in [-0.15, -0.1) is 11.3 Å². The van der Waals surface area contributed by atoms with E-state index in [2.05, 4.69) is 5.32 Å². The van der Waals surface area contributed by atoms with Crippen molar-refractivity contribution >= 4 is 23.2 Å². The fraction of sp³-hybridized carbons (Fsp3) is 0.273. The molecule has 1 rings (SSSR count). The largest absolute Gasteiger partial charge is 0.478 e. The van der Waals surface area contributed by atoms with Gasteiger partial charge in [-0.25, -0.2) is 4.79 Å². The summed E-state index contributed by atoms with van der Waals surface area (Å²) in [7, 11) is 0. The highest BCUT2D eigenvalue weighted by Crippen LogP contribution is 2.21. The molecule has 0 aliphatic rings. The Morgan fingerprint density at radius 2 is 2.12 bits per heavy atom. The zero-order valence-corrected chi connectivity index (χ0v) is 9.88. The van der Waals surface area contributed by atoms with Crippen LogP contribution < -0.4 is 5.32 Å². The molecule has 0 radical (unpaired) electrons. The lowest BCUT2D eigenvalue weighted by atomic mass is 10.2. The number of carboxylic acids is 1. The van der Waals surface area contributed by atoms with E-state index in [1.807, 2.05) is 26.0 Å². The van der Waals surface area contributed by atoms with Crippen LogP contribution >= 0.6 is 11.3 Å². The molecule has 0 spiro atoms. The van der Waals surface area contributed by atoms with Gasteiger partial charge in [0.1, 0.15) is 0 Å². The lowest BCUT2D eigenvalue weighted by Crippen LogP contribution is -2.24. The monoisotopic (exact) mass is 239 g/mol. The highest BCUT2D eigenvalue weighted by molar-refractivity contribution is 7.12. The Kier molecular flexibility index (Phi) is 4.25. The molecule has 16 heavy (non-hydrogen) atoms. The van der Waals surface area contributed by atoms with E-state index in [0.717, 1.165) is 17.0 Å². The molecule has 1 heterocycles. The number of aliphatic carboxylic acids is 1. The molecule has 1 aromatic rings. The summed E-state index contributed by atoms with van der Waals surface area (Å²) in [5.41, 5.74) is 0. The minimum atomic E-state index is -1.13. The Balaban J connectivity index is 2.55. The van der Waals surface area contributed by atoms with E-state index in [1.165, 1.54) is 4.88 Å². The van der Waals surface area contributed by atoms with E-state index in [-0.39, 0.29) is 6.04 Å². The van der Waals surface area contributed by atoms with E-state index >= 15 is 0 Å². The van der Waals surface area contributed by atoms with Crippen LogP contribution in [0.5, 0.6) is 0 Å². The predicted octanol–water partition coefficient (Wildman–Crippen LogP) is 1.87. The molecule has 1 aromatic heterocycles. The van der Waals surface area contributed by atoms with Gasteiger partial charge in [-0.1, -0.05) is 0 Å². The first-order chi connectivity index (χ1) is 7.49. The fourth-order valence-electron chi connectivity index (χ4n) is 1.17. The van der Waals surface area contributed by atoms with Crippen molar-refractivity contribution in [1.82, 2.24) is 5.32 Å². The highest BCUT2D eigenvalue weighted by Gasteiger charge is 2.09. The van der Waals surface area contributed by atoms with Crippen molar-refractivity contribution in [3.8, 4) is 0 Å². The van der Waals surface area contributed by atoms with Crippen LogP contribution in [0.15, 0.2) is 24.3 Å². The molecule has 1 unspecified atom stereocenters. The van der Waals surface area contributed by atoms with Gasteiger partial charge < -0.3 is 10.4 Å². The van der Waals surface area contributed by atoms with Crippen molar-refractivity contribution in [1.29, 1.82) is 0 Å². The van der Waals surface area contributed by atoms with E-state index in [9.17, 15) is 9.59 Å². The van der Waals surface area contributed by atoms with Crippen LogP contribution in [0.1, 0.15) is 22.7 Å². The van der Waals surface area contributed by atoms with Crippen LogP contribution in [-0.4, -0.2) is 17.0 Å². The molecule has 86 valence electrons. The second kappa shape index (κ2) is 5.46. The number of carbonyl (C=O) groups excluding carboxylic acids is 1. The summed E-state index contributed by atoms with van der Waals surface area (Å²) in [5, 5.41) is 11.0. The maximum atomic E-state index is 11.3. The minimum Gasteiger partial charge on any atom is -0.478 e. The Labute approximate surface area is 97.6 Å². The summed E-state index contributed by atoms with van der Waals surface area (Å²) in [6.07, 6.45) is 1.83. The number of aryl methyl sites for hydroxylation is 1. The van der Waals surface area contributed by atoms with Crippen molar-refractivity contribution in [2.45, 2.75) is 19.9 Å². The molecule has 0 aliphatic carbocycles. The van der Waals surface area contributed by atoms with Gasteiger partial charge in [0, 0.05) is 21.9 Å². The van der Waals surface area contributed by atoms with Crippen LogP contribution in [0, 0.1) is 6.92 Å². The average molecular weight is 239 g/mol. The molecule has 1 atom stereocenters. The molecule has 2 N–H and O–H groups in total.